The van der Waals surface area contributed by atoms with Gasteiger partial charge in [-0.05, 0) is 18.9 Å². The van der Waals surface area contributed by atoms with Crippen molar-refractivity contribution in [2.45, 2.75) is 12.8 Å². The van der Waals surface area contributed by atoms with Crippen LogP contribution in [0.1, 0.15) is 12.8 Å². The van der Waals surface area contributed by atoms with Crippen LogP contribution in [0.5, 0.6) is 5.75 Å². The lowest BCUT2D eigenvalue weighted by Crippen LogP contribution is -2.32. The molecule has 0 N–H and O–H groups in total. The Morgan fingerprint density at radius 1 is 1.11 bits per heavy atom. The smallest absolute Gasteiger partial charge is 0.260 e. The van der Waals surface area contributed by atoms with Crippen LogP contribution >= 0.6 is 34.8 Å². The van der Waals surface area contributed by atoms with Gasteiger partial charge in [0.15, 0.2) is 6.61 Å². The molecule has 2 rings (SSSR count). The van der Waals surface area contributed by atoms with E-state index in [1.165, 1.54) is 12.1 Å². The third kappa shape index (κ3) is 3.22. The van der Waals surface area contributed by atoms with Crippen LogP contribution in [-0.4, -0.2) is 30.5 Å². The Bertz CT molecular complexity index is 459. The highest BCUT2D eigenvalue weighted by Gasteiger charge is 2.18. The lowest BCUT2D eigenvalue weighted by molar-refractivity contribution is -0.132. The number of halogens is 3. The normalized spacial score (nSPS) is 14.9. The summed E-state index contributed by atoms with van der Waals surface area (Å²) in [6.07, 6.45) is 2.11. The zero-order valence-corrected chi connectivity index (χ0v) is 11.9. The van der Waals surface area contributed by atoms with E-state index in [2.05, 4.69) is 0 Å². The van der Waals surface area contributed by atoms with Gasteiger partial charge in [0.1, 0.15) is 5.75 Å². The summed E-state index contributed by atoms with van der Waals surface area (Å²) in [4.78, 5) is 13.6. The monoisotopic (exact) mass is 307 g/mol. The van der Waals surface area contributed by atoms with Crippen molar-refractivity contribution in [3.8, 4) is 5.75 Å². The molecule has 0 bridgehead atoms. The summed E-state index contributed by atoms with van der Waals surface area (Å²) in [5.41, 5.74) is 0. The van der Waals surface area contributed by atoms with Gasteiger partial charge in [-0.15, -0.1) is 0 Å². The third-order valence-corrected chi connectivity index (χ3v) is 3.80. The number of benzene rings is 1. The molecular weight excluding hydrogens is 296 g/mol. The summed E-state index contributed by atoms with van der Waals surface area (Å²) < 4.78 is 5.38. The van der Waals surface area contributed by atoms with Crippen molar-refractivity contribution in [1.29, 1.82) is 0 Å². The lowest BCUT2D eigenvalue weighted by atomic mass is 10.3. The fourth-order valence-corrected chi connectivity index (χ4v) is 2.40. The molecule has 0 spiro atoms. The van der Waals surface area contributed by atoms with E-state index in [1.807, 2.05) is 0 Å². The summed E-state index contributed by atoms with van der Waals surface area (Å²) in [6, 6.07) is 3.02. The Morgan fingerprint density at radius 2 is 1.72 bits per heavy atom. The molecule has 1 saturated heterocycles. The van der Waals surface area contributed by atoms with Crippen LogP contribution < -0.4 is 4.74 Å². The van der Waals surface area contributed by atoms with Crippen molar-refractivity contribution < 1.29 is 9.53 Å². The Balaban J connectivity index is 1.97. The van der Waals surface area contributed by atoms with Crippen LogP contribution in [0, 0.1) is 0 Å². The van der Waals surface area contributed by atoms with E-state index in [4.69, 9.17) is 39.5 Å². The van der Waals surface area contributed by atoms with E-state index < -0.39 is 0 Å². The number of likely N-dealkylation sites (tertiary alicyclic amines) is 1. The molecule has 0 aromatic heterocycles. The van der Waals surface area contributed by atoms with Crippen molar-refractivity contribution in [3.05, 3.63) is 27.2 Å². The van der Waals surface area contributed by atoms with E-state index >= 15 is 0 Å². The van der Waals surface area contributed by atoms with Crippen LogP contribution in [-0.2, 0) is 4.79 Å². The second-order valence-electron chi connectivity index (χ2n) is 4.07. The van der Waals surface area contributed by atoms with Gasteiger partial charge in [-0.1, -0.05) is 34.8 Å². The van der Waals surface area contributed by atoms with Crippen LogP contribution in [0.4, 0.5) is 0 Å². The number of ether oxygens (including phenoxy) is 1. The van der Waals surface area contributed by atoms with Gasteiger partial charge in [-0.25, -0.2) is 0 Å². The van der Waals surface area contributed by atoms with Crippen molar-refractivity contribution in [2.24, 2.45) is 0 Å². The molecular formula is C12H12Cl3NO2. The largest absolute Gasteiger partial charge is 0.482 e. The number of nitrogens with zero attached hydrogens (tertiary/aromatic N) is 1. The summed E-state index contributed by atoms with van der Waals surface area (Å²) in [5.74, 6) is 0.341. The minimum Gasteiger partial charge on any atom is -0.482 e. The van der Waals surface area contributed by atoms with Crippen LogP contribution in [0.25, 0.3) is 0 Å². The lowest BCUT2D eigenvalue weighted by Gasteiger charge is -2.16. The quantitative estimate of drug-likeness (QED) is 0.798. The standard InChI is InChI=1S/C12H12Cl3NO2/c13-8-5-10(15)11(6-9(8)14)18-7-12(17)16-3-1-2-4-16/h5-6H,1-4,7H2. The second kappa shape index (κ2) is 6.00. The fourth-order valence-electron chi connectivity index (χ4n) is 1.81. The Kier molecular flexibility index (Phi) is 4.60. The van der Waals surface area contributed by atoms with Gasteiger partial charge in [0.2, 0.25) is 0 Å². The highest BCUT2D eigenvalue weighted by molar-refractivity contribution is 6.43. The Morgan fingerprint density at radius 3 is 2.39 bits per heavy atom. The molecule has 0 radical (unpaired) electrons. The zero-order chi connectivity index (χ0) is 13.1. The van der Waals surface area contributed by atoms with E-state index in [0.717, 1.165) is 25.9 Å². The molecule has 0 unspecified atom stereocenters. The summed E-state index contributed by atoms with van der Waals surface area (Å²) in [7, 11) is 0. The number of carbonyl (C=O) groups excluding carboxylic acids is 1. The molecule has 1 heterocycles. The molecule has 1 aliphatic rings. The van der Waals surface area contributed by atoms with E-state index in [0.29, 0.717) is 20.8 Å². The van der Waals surface area contributed by atoms with Gasteiger partial charge in [-0.2, -0.15) is 0 Å². The third-order valence-electron chi connectivity index (χ3n) is 2.78. The highest BCUT2D eigenvalue weighted by atomic mass is 35.5. The number of amides is 1. The molecule has 1 aromatic carbocycles. The molecule has 1 aromatic rings. The fraction of sp³-hybridized carbons (Fsp3) is 0.417. The number of hydrogen-bond donors (Lipinski definition) is 0. The number of carbonyl (C=O) groups is 1. The summed E-state index contributed by atoms with van der Waals surface area (Å²) in [5, 5.41) is 1.06. The number of rotatable bonds is 3. The maximum Gasteiger partial charge on any atom is 0.260 e. The van der Waals surface area contributed by atoms with Crippen molar-refractivity contribution in [2.75, 3.05) is 19.7 Å². The molecule has 0 aliphatic carbocycles. The van der Waals surface area contributed by atoms with Crippen molar-refractivity contribution in [1.82, 2.24) is 4.90 Å². The Labute approximate surface area is 121 Å². The summed E-state index contributed by atoms with van der Waals surface area (Å²) >= 11 is 17.6. The molecule has 1 fully saturated rings. The van der Waals surface area contributed by atoms with Crippen LogP contribution in [0.2, 0.25) is 15.1 Å². The maximum absolute atomic E-state index is 11.8. The Hall–Kier alpha value is -0.640. The molecule has 1 amide bonds. The topological polar surface area (TPSA) is 29.5 Å². The van der Waals surface area contributed by atoms with Crippen molar-refractivity contribution >= 4 is 40.7 Å². The predicted octanol–water partition coefficient (Wildman–Crippen LogP) is 3.65. The molecule has 1 aliphatic heterocycles. The van der Waals surface area contributed by atoms with Gasteiger partial charge in [0.05, 0.1) is 15.1 Å². The van der Waals surface area contributed by atoms with Crippen molar-refractivity contribution in [3.63, 3.8) is 0 Å². The predicted molar refractivity (Wildman–Crippen MR) is 72.8 cm³/mol. The average Bonchev–Trinajstić information content (AvgIpc) is 2.85. The first-order valence-electron chi connectivity index (χ1n) is 5.63. The SMILES string of the molecule is O=C(COc1cc(Cl)c(Cl)cc1Cl)N1CCCC1. The van der Waals surface area contributed by atoms with Crippen LogP contribution in [0.15, 0.2) is 12.1 Å². The van der Waals surface area contributed by atoms with Gasteiger partial charge >= 0.3 is 0 Å². The zero-order valence-electron chi connectivity index (χ0n) is 9.59. The van der Waals surface area contributed by atoms with Gasteiger partial charge in [0, 0.05) is 19.2 Å². The molecule has 6 heteroatoms. The van der Waals surface area contributed by atoms with E-state index in [1.54, 1.807) is 4.90 Å². The average molecular weight is 309 g/mol. The van der Waals surface area contributed by atoms with E-state index in [-0.39, 0.29) is 12.5 Å². The van der Waals surface area contributed by atoms with Crippen LogP contribution in [0.3, 0.4) is 0 Å². The molecule has 18 heavy (non-hydrogen) atoms. The minimum atomic E-state index is -0.0327. The van der Waals surface area contributed by atoms with E-state index in [9.17, 15) is 4.79 Å². The maximum atomic E-state index is 11.8. The first kappa shape index (κ1) is 13.8. The molecule has 3 nitrogen and oxygen atoms in total. The summed E-state index contributed by atoms with van der Waals surface area (Å²) in [6.45, 7) is 1.58. The number of hydrogen-bond acceptors (Lipinski definition) is 2. The first-order chi connectivity index (χ1) is 8.58. The first-order valence-corrected chi connectivity index (χ1v) is 6.76. The van der Waals surface area contributed by atoms with Gasteiger partial charge < -0.3 is 9.64 Å². The highest BCUT2D eigenvalue weighted by Crippen LogP contribution is 2.33. The van der Waals surface area contributed by atoms with Gasteiger partial charge in [0.25, 0.3) is 5.91 Å². The molecule has 0 atom stereocenters. The second-order valence-corrected chi connectivity index (χ2v) is 5.29. The molecule has 0 saturated carbocycles. The minimum absolute atomic E-state index is 0.0301. The van der Waals surface area contributed by atoms with Gasteiger partial charge in [-0.3, -0.25) is 4.79 Å². The molecule has 98 valence electrons.